The molecule has 0 aromatic rings. The van der Waals surface area contributed by atoms with E-state index in [4.69, 9.17) is 0 Å². The Morgan fingerprint density at radius 3 is 1.20 bits per heavy atom. The van der Waals surface area contributed by atoms with Gasteiger partial charge in [0.05, 0.1) is 0 Å². The Balaban J connectivity index is 3.30. The molecule has 4 heteroatoms. The van der Waals surface area contributed by atoms with E-state index in [1.165, 1.54) is 32.9 Å². The summed E-state index contributed by atoms with van der Waals surface area (Å²) in [4.78, 5) is 2.52. The molecule has 0 rings (SSSR count). The molecule has 0 fully saturated rings. The second-order valence-electron chi connectivity index (χ2n) is 1.91. The maximum Gasteiger partial charge on any atom is 0.0123 e. The van der Waals surface area contributed by atoms with Crippen molar-refractivity contribution in [2.45, 2.75) is 0 Å². The third-order valence-corrected chi connectivity index (χ3v) is 2.65. The van der Waals surface area contributed by atoms with Crippen LogP contribution >= 0.6 is 67.8 Å². The lowest BCUT2D eigenvalue weighted by Gasteiger charge is -2.18. The van der Waals surface area contributed by atoms with E-state index in [0.717, 1.165) is 0 Å². The summed E-state index contributed by atoms with van der Waals surface area (Å²) in [6.07, 6.45) is 0. The van der Waals surface area contributed by atoms with Crippen LogP contribution in [0, 0.1) is 0 Å². The lowest BCUT2D eigenvalue weighted by molar-refractivity contribution is 0.335. The number of halogens is 3. The van der Waals surface area contributed by atoms with E-state index in [0.29, 0.717) is 0 Å². The third-order valence-electron chi connectivity index (χ3n) is 1.20. The topological polar surface area (TPSA) is 3.24 Å². The molecule has 0 amide bonds. The van der Waals surface area contributed by atoms with E-state index >= 15 is 0 Å². The fourth-order valence-corrected chi connectivity index (χ4v) is 2.74. The highest BCUT2D eigenvalue weighted by Gasteiger charge is 1.99. The summed E-state index contributed by atoms with van der Waals surface area (Å²) in [6.45, 7) is 3.77. The van der Waals surface area contributed by atoms with Gasteiger partial charge in [-0.15, -0.1) is 0 Å². The van der Waals surface area contributed by atoms with Crippen LogP contribution < -0.4 is 0 Å². The summed E-state index contributed by atoms with van der Waals surface area (Å²) in [7, 11) is 0. The highest BCUT2D eigenvalue weighted by molar-refractivity contribution is 14.1. The minimum Gasteiger partial charge on any atom is -0.301 e. The zero-order valence-electron chi connectivity index (χ0n) is 5.82. The average Bonchev–Trinajstić information content (AvgIpc) is 1.90. The van der Waals surface area contributed by atoms with Gasteiger partial charge in [0, 0.05) is 32.9 Å². The standard InChI is InChI=1S/C6H12I3N/c7-1-4-10(5-2-8)6-3-9/h1-6H2. The summed E-state index contributed by atoms with van der Waals surface area (Å²) in [6, 6.07) is 0. The van der Waals surface area contributed by atoms with Gasteiger partial charge in [-0.2, -0.15) is 0 Å². The van der Waals surface area contributed by atoms with Gasteiger partial charge >= 0.3 is 0 Å². The Labute approximate surface area is 104 Å². The van der Waals surface area contributed by atoms with Gasteiger partial charge in [0.1, 0.15) is 0 Å². The molecular formula is C6H12I3N. The highest BCUT2D eigenvalue weighted by Crippen LogP contribution is 1.95. The van der Waals surface area contributed by atoms with Crippen molar-refractivity contribution >= 4 is 67.8 Å². The number of rotatable bonds is 6. The van der Waals surface area contributed by atoms with E-state index in [-0.39, 0.29) is 0 Å². The predicted octanol–water partition coefficient (Wildman–Crippen LogP) is 2.59. The smallest absolute Gasteiger partial charge is 0.0123 e. The van der Waals surface area contributed by atoms with Crippen molar-refractivity contribution in [1.82, 2.24) is 4.90 Å². The third kappa shape index (κ3) is 6.84. The Bertz CT molecular complexity index is 55.7. The quantitative estimate of drug-likeness (QED) is 0.419. The van der Waals surface area contributed by atoms with Crippen molar-refractivity contribution in [1.29, 1.82) is 0 Å². The summed E-state index contributed by atoms with van der Waals surface area (Å²) in [5.41, 5.74) is 0. The highest BCUT2D eigenvalue weighted by atomic mass is 127. The first kappa shape index (κ1) is 12.2. The largest absolute Gasteiger partial charge is 0.301 e. The Morgan fingerprint density at radius 1 is 0.700 bits per heavy atom. The molecule has 0 N–H and O–H groups in total. The molecule has 0 saturated carbocycles. The lowest BCUT2D eigenvalue weighted by atomic mass is 10.5. The molecule has 0 heterocycles. The molecule has 0 aromatic heterocycles. The fourth-order valence-electron chi connectivity index (χ4n) is 0.694. The van der Waals surface area contributed by atoms with Gasteiger partial charge in [0.25, 0.3) is 0 Å². The number of hydrogen-bond donors (Lipinski definition) is 0. The number of nitrogens with zero attached hydrogens (tertiary/aromatic N) is 1. The van der Waals surface area contributed by atoms with Gasteiger partial charge in [-0.1, -0.05) is 67.8 Å². The molecule has 0 aromatic carbocycles. The Morgan fingerprint density at radius 2 is 1.00 bits per heavy atom. The summed E-state index contributed by atoms with van der Waals surface area (Å²) >= 11 is 7.31. The van der Waals surface area contributed by atoms with Crippen LogP contribution in [0.1, 0.15) is 0 Å². The van der Waals surface area contributed by atoms with Crippen molar-refractivity contribution in [2.75, 3.05) is 32.9 Å². The molecule has 0 spiro atoms. The van der Waals surface area contributed by atoms with Gasteiger partial charge in [0.15, 0.2) is 0 Å². The van der Waals surface area contributed by atoms with Crippen molar-refractivity contribution < 1.29 is 0 Å². The average molecular weight is 479 g/mol. The second-order valence-corrected chi connectivity index (χ2v) is 5.14. The molecule has 1 nitrogen and oxygen atoms in total. The molecule has 62 valence electrons. The summed E-state index contributed by atoms with van der Waals surface area (Å²) in [5, 5.41) is 0. The van der Waals surface area contributed by atoms with Crippen LogP contribution in [-0.2, 0) is 0 Å². The predicted molar refractivity (Wildman–Crippen MR) is 73.1 cm³/mol. The van der Waals surface area contributed by atoms with Gasteiger partial charge in [0.2, 0.25) is 0 Å². The minimum atomic E-state index is 1.25. The zero-order valence-corrected chi connectivity index (χ0v) is 12.3. The normalized spacial score (nSPS) is 10.8. The van der Waals surface area contributed by atoms with E-state index in [9.17, 15) is 0 Å². The van der Waals surface area contributed by atoms with Crippen molar-refractivity contribution in [3.63, 3.8) is 0 Å². The SMILES string of the molecule is ICCN(CCI)CCI. The van der Waals surface area contributed by atoms with E-state index in [1.807, 2.05) is 0 Å². The molecule has 0 radical (unpaired) electrons. The Hall–Kier alpha value is 2.15. The van der Waals surface area contributed by atoms with Crippen LogP contribution in [0.3, 0.4) is 0 Å². The fraction of sp³-hybridized carbons (Fsp3) is 1.00. The maximum atomic E-state index is 2.52. The van der Waals surface area contributed by atoms with Crippen LogP contribution in [0.25, 0.3) is 0 Å². The Kier molecular flexibility index (Phi) is 11.2. The van der Waals surface area contributed by atoms with Crippen LogP contribution in [0.2, 0.25) is 0 Å². The summed E-state index contributed by atoms with van der Waals surface area (Å²) < 4.78 is 3.76. The molecule has 0 saturated heterocycles. The first-order valence-electron chi connectivity index (χ1n) is 3.25. The summed E-state index contributed by atoms with van der Waals surface area (Å²) in [5.74, 6) is 0. The number of alkyl halides is 3. The molecule has 0 aliphatic heterocycles. The van der Waals surface area contributed by atoms with Gasteiger partial charge in [-0.25, -0.2) is 0 Å². The maximum absolute atomic E-state index is 2.52. The molecule has 0 aliphatic carbocycles. The first-order chi connectivity index (χ1) is 4.85. The monoisotopic (exact) mass is 479 g/mol. The minimum absolute atomic E-state index is 1.25. The van der Waals surface area contributed by atoms with Crippen molar-refractivity contribution in [2.24, 2.45) is 0 Å². The second kappa shape index (κ2) is 9.24. The molecule has 0 atom stereocenters. The van der Waals surface area contributed by atoms with E-state index in [2.05, 4.69) is 72.7 Å². The molecule has 0 unspecified atom stereocenters. The van der Waals surface area contributed by atoms with Gasteiger partial charge in [-0.3, -0.25) is 0 Å². The van der Waals surface area contributed by atoms with Crippen LogP contribution in [0.15, 0.2) is 0 Å². The van der Waals surface area contributed by atoms with Gasteiger partial charge < -0.3 is 4.90 Å². The van der Waals surface area contributed by atoms with Crippen LogP contribution in [0.4, 0.5) is 0 Å². The lowest BCUT2D eigenvalue weighted by Crippen LogP contribution is -2.29. The van der Waals surface area contributed by atoms with Crippen molar-refractivity contribution in [3.8, 4) is 0 Å². The van der Waals surface area contributed by atoms with Gasteiger partial charge in [-0.05, 0) is 0 Å². The molecular weight excluding hydrogens is 467 g/mol. The molecule has 0 aliphatic rings. The van der Waals surface area contributed by atoms with E-state index < -0.39 is 0 Å². The van der Waals surface area contributed by atoms with E-state index in [1.54, 1.807) is 0 Å². The van der Waals surface area contributed by atoms with Crippen LogP contribution in [0.5, 0.6) is 0 Å². The molecule has 0 bridgehead atoms. The van der Waals surface area contributed by atoms with Crippen molar-refractivity contribution in [3.05, 3.63) is 0 Å². The molecule has 10 heavy (non-hydrogen) atoms. The number of hydrogen-bond acceptors (Lipinski definition) is 1. The zero-order chi connectivity index (χ0) is 7.82. The first-order valence-corrected chi connectivity index (χ1v) is 7.83. The van der Waals surface area contributed by atoms with Crippen LogP contribution in [-0.4, -0.2) is 37.8 Å².